The van der Waals surface area contributed by atoms with E-state index in [2.05, 4.69) is 16.2 Å². The molecule has 1 aromatic heterocycles. The Morgan fingerprint density at radius 2 is 2.16 bits per heavy atom. The number of morpholine rings is 1. The molecule has 1 aliphatic heterocycles. The first-order chi connectivity index (χ1) is 9.14. The Labute approximate surface area is 112 Å². The van der Waals surface area contributed by atoms with Gasteiger partial charge in [0.05, 0.1) is 13.2 Å². The van der Waals surface area contributed by atoms with Crippen LogP contribution in [0.2, 0.25) is 0 Å². The van der Waals surface area contributed by atoms with Crippen LogP contribution >= 0.6 is 0 Å². The van der Waals surface area contributed by atoms with Crippen LogP contribution in [0.1, 0.15) is 0 Å². The van der Waals surface area contributed by atoms with Crippen molar-refractivity contribution in [2.75, 3.05) is 38.2 Å². The Morgan fingerprint density at radius 3 is 2.74 bits per heavy atom. The largest absolute Gasteiger partial charge is 0.379 e. The van der Waals surface area contributed by atoms with Gasteiger partial charge in [0.1, 0.15) is 17.6 Å². The van der Waals surface area contributed by atoms with Gasteiger partial charge in [-0.2, -0.15) is 4.31 Å². The lowest BCUT2D eigenvalue weighted by Crippen LogP contribution is -2.40. The molecule has 0 radical (unpaired) electrons. The summed E-state index contributed by atoms with van der Waals surface area (Å²) in [5.74, 6) is 3.12. The standard InChI is InChI=1S/C12H15N3O3S/c1-2-5-13-12-4-3-11(10-14-12)19(16,17)15-6-8-18-9-7-15/h1,3-4,10H,5-9H2,(H,13,14)/p+1. The van der Waals surface area contributed by atoms with Crippen LogP contribution in [0.25, 0.3) is 0 Å². The zero-order chi connectivity index (χ0) is 13.7. The van der Waals surface area contributed by atoms with E-state index in [1.165, 1.54) is 10.5 Å². The first-order valence-electron chi connectivity index (χ1n) is 5.91. The van der Waals surface area contributed by atoms with E-state index >= 15 is 0 Å². The molecule has 0 spiro atoms. The first-order valence-corrected chi connectivity index (χ1v) is 7.35. The van der Waals surface area contributed by atoms with Gasteiger partial charge in [0, 0.05) is 19.2 Å². The normalized spacial score (nSPS) is 16.8. The minimum atomic E-state index is -3.45. The molecular formula is C12H16N3O3S+. The van der Waals surface area contributed by atoms with Crippen LogP contribution < -0.4 is 10.3 Å². The summed E-state index contributed by atoms with van der Waals surface area (Å²) in [6.45, 7) is 2.03. The lowest BCUT2D eigenvalue weighted by atomic mass is 10.4. The topological polar surface area (TPSA) is 72.8 Å². The van der Waals surface area contributed by atoms with Crippen molar-refractivity contribution >= 4 is 15.8 Å². The maximum Gasteiger partial charge on any atom is 0.272 e. The fourth-order valence-corrected chi connectivity index (χ4v) is 3.14. The van der Waals surface area contributed by atoms with Crippen molar-refractivity contribution in [3.05, 3.63) is 18.3 Å². The monoisotopic (exact) mass is 282 g/mol. The Hall–Kier alpha value is -1.62. The first kappa shape index (κ1) is 13.8. The molecule has 0 amide bonds. The third-order valence-corrected chi connectivity index (χ3v) is 4.67. The number of hydrogen-bond donors (Lipinski definition) is 1. The number of anilines is 1. The molecule has 1 aromatic rings. The van der Waals surface area contributed by atoms with Crippen molar-refractivity contribution in [1.82, 2.24) is 4.31 Å². The summed E-state index contributed by atoms with van der Waals surface area (Å²) in [6.07, 6.45) is 6.59. The van der Waals surface area contributed by atoms with E-state index in [1.54, 1.807) is 12.1 Å². The second kappa shape index (κ2) is 6.02. The molecule has 6 nitrogen and oxygen atoms in total. The molecular weight excluding hydrogens is 266 g/mol. The average Bonchev–Trinajstić information content (AvgIpc) is 2.46. The molecule has 0 bridgehead atoms. The summed E-state index contributed by atoms with van der Waals surface area (Å²) in [5, 5.41) is 2.93. The van der Waals surface area contributed by atoms with E-state index in [9.17, 15) is 8.42 Å². The predicted octanol–water partition coefficient (Wildman–Crippen LogP) is -0.433. The molecule has 2 heterocycles. The van der Waals surface area contributed by atoms with Gasteiger partial charge in [0.25, 0.3) is 5.82 Å². The highest BCUT2D eigenvalue weighted by Gasteiger charge is 2.27. The van der Waals surface area contributed by atoms with Crippen molar-refractivity contribution in [3.63, 3.8) is 0 Å². The number of H-pyrrole nitrogens is 1. The number of nitrogens with zero attached hydrogens (tertiary/aromatic N) is 1. The number of terminal acetylenes is 1. The number of pyridine rings is 1. The molecule has 0 aliphatic carbocycles. The van der Waals surface area contributed by atoms with Crippen LogP contribution in [0.5, 0.6) is 0 Å². The van der Waals surface area contributed by atoms with Gasteiger partial charge in [-0.3, -0.25) is 5.32 Å². The Bertz CT molecular complexity index is 557. The van der Waals surface area contributed by atoms with Crippen LogP contribution in [0.15, 0.2) is 23.2 Å². The molecule has 0 aromatic carbocycles. The molecule has 102 valence electrons. The van der Waals surface area contributed by atoms with E-state index < -0.39 is 10.0 Å². The molecule has 1 saturated heterocycles. The Kier molecular flexibility index (Phi) is 4.37. The van der Waals surface area contributed by atoms with Crippen LogP contribution in [-0.2, 0) is 14.8 Å². The van der Waals surface area contributed by atoms with Crippen molar-refractivity contribution < 1.29 is 18.1 Å². The van der Waals surface area contributed by atoms with Crippen LogP contribution in [0.3, 0.4) is 0 Å². The molecule has 0 unspecified atom stereocenters. The number of hydrogen-bond acceptors (Lipinski definition) is 4. The van der Waals surface area contributed by atoms with E-state index in [-0.39, 0.29) is 4.90 Å². The third kappa shape index (κ3) is 3.23. The van der Waals surface area contributed by atoms with Gasteiger partial charge in [0.15, 0.2) is 0 Å². The molecule has 7 heteroatoms. The van der Waals surface area contributed by atoms with Gasteiger partial charge in [-0.05, 0) is 6.07 Å². The summed E-state index contributed by atoms with van der Waals surface area (Å²) < 4.78 is 31.2. The summed E-state index contributed by atoms with van der Waals surface area (Å²) in [6, 6.07) is 3.21. The zero-order valence-corrected chi connectivity index (χ0v) is 11.2. The van der Waals surface area contributed by atoms with Gasteiger partial charge in [-0.15, -0.1) is 6.42 Å². The predicted molar refractivity (Wildman–Crippen MR) is 69.9 cm³/mol. The lowest BCUT2D eigenvalue weighted by molar-refractivity contribution is -0.364. The van der Waals surface area contributed by atoms with Gasteiger partial charge < -0.3 is 4.74 Å². The van der Waals surface area contributed by atoms with Crippen molar-refractivity contribution in [2.45, 2.75) is 4.90 Å². The van der Waals surface area contributed by atoms with Crippen LogP contribution in [0, 0.1) is 12.3 Å². The smallest absolute Gasteiger partial charge is 0.272 e. The quantitative estimate of drug-likeness (QED) is 0.760. The minimum absolute atomic E-state index is 0.237. The van der Waals surface area contributed by atoms with Gasteiger partial charge >= 0.3 is 0 Å². The van der Waals surface area contributed by atoms with E-state index in [1.807, 2.05) is 0 Å². The second-order valence-electron chi connectivity index (χ2n) is 4.01. The summed E-state index contributed by atoms with van der Waals surface area (Å²) in [4.78, 5) is 3.11. The summed E-state index contributed by atoms with van der Waals surface area (Å²) in [5.41, 5.74) is 0. The third-order valence-electron chi connectivity index (χ3n) is 2.77. The summed E-state index contributed by atoms with van der Waals surface area (Å²) >= 11 is 0. The number of aromatic nitrogens is 1. The van der Waals surface area contributed by atoms with Crippen molar-refractivity contribution in [3.8, 4) is 12.3 Å². The Balaban J connectivity index is 2.14. The minimum Gasteiger partial charge on any atom is -0.379 e. The fourth-order valence-electron chi connectivity index (χ4n) is 1.76. The van der Waals surface area contributed by atoms with Crippen LogP contribution in [-0.4, -0.2) is 45.6 Å². The summed E-state index contributed by atoms with van der Waals surface area (Å²) in [7, 11) is -3.45. The fraction of sp³-hybridized carbons (Fsp3) is 0.417. The maximum absolute atomic E-state index is 12.3. The van der Waals surface area contributed by atoms with E-state index in [4.69, 9.17) is 11.2 Å². The molecule has 2 rings (SSSR count). The number of sulfonamides is 1. The second-order valence-corrected chi connectivity index (χ2v) is 5.95. The highest BCUT2D eigenvalue weighted by molar-refractivity contribution is 7.89. The molecule has 1 aliphatic rings. The van der Waals surface area contributed by atoms with Gasteiger partial charge in [0.2, 0.25) is 10.0 Å². The van der Waals surface area contributed by atoms with Gasteiger partial charge in [-0.25, -0.2) is 13.4 Å². The van der Waals surface area contributed by atoms with Crippen LogP contribution in [0.4, 0.5) is 5.82 Å². The highest BCUT2D eigenvalue weighted by atomic mass is 32.2. The molecule has 0 saturated carbocycles. The SMILES string of the molecule is C#CCNc1ccc(S(=O)(=O)N2CCOCC2)c[nH+]1. The molecule has 19 heavy (non-hydrogen) atoms. The zero-order valence-electron chi connectivity index (χ0n) is 10.4. The highest BCUT2D eigenvalue weighted by Crippen LogP contribution is 2.15. The maximum atomic E-state index is 12.3. The average molecular weight is 282 g/mol. The molecule has 1 fully saturated rings. The Morgan fingerprint density at radius 1 is 1.42 bits per heavy atom. The number of aromatic amines is 1. The van der Waals surface area contributed by atoms with Gasteiger partial charge in [-0.1, -0.05) is 5.92 Å². The van der Waals surface area contributed by atoms with E-state index in [0.717, 1.165) is 0 Å². The number of rotatable bonds is 4. The molecule has 2 N–H and O–H groups in total. The lowest BCUT2D eigenvalue weighted by Gasteiger charge is -2.25. The van der Waals surface area contributed by atoms with E-state index in [0.29, 0.717) is 38.7 Å². The van der Waals surface area contributed by atoms with Crippen molar-refractivity contribution in [1.29, 1.82) is 0 Å². The number of ether oxygens (including phenoxy) is 1. The van der Waals surface area contributed by atoms with Crippen molar-refractivity contribution in [2.24, 2.45) is 0 Å². The number of nitrogens with one attached hydrogen (secondary N) is 2. The molecule has 0 atom stereocenters.